The van der Waals surface area contributed by atoms with Crippen molar-refractivity contribution in [3.8, 4) is 11.5 Å². The fourth-order valence-electron chi connectivity index (χ4n) is 2.85. The molecule has 0 fully saturated rings. The Bertz CT molecular complexity index is 1510. The maximum Gasteiger partial charge on any atom is 0.337 e. The Morgan fingerprint density at radius 1 is 0.879 bits per heavy atom. The molecule has 1 unspecified atom stereocenters. The van der Waals surface area contributed by atoms with Crippen molar-refractivity contribution in [1.29, 1.82) is 0 Å². The molecule has 0 aromatic heterocycles. The lowest BCUT2D eigenvalue weighted by Crippen LogP contribution is -2.09. The molecule has 0 radical (unpaired) electrons. The number of phenolic OH excluding ortho intramolecular Hbond substituents is 2. The van der Waals surface area contributed by atoms with Crippen LogP contribution in [0.3, 0.4) is 0 Å². The summed E-state index contributed by atoms with van der Waals surface area (Å²) in [6, 6.07) is 6.95. The van der Waals surface area contributed by atoms with E-state index in [1.807, 2.05) is 0 Å². The highest BCUT2D eigenvalue weighted by molar-refractivity contribution is 7.86. The minimum Gasteiger partial charge on any atom is -0.507 e. The van der Waals surface area contributed by atoms with E-state index in [1.165, 1.54) is 24.3 Å². The van der Waals surface area contributed by atoms with Gasteiger partial charge in [-0.3, -0.25) is 9.11 Å². The topological polar surface area (TPSA) is 231 Å². The molecule has 0 aliphatic carbocycles. The molecular formula is C18H14N2O11S2. The monoisotopic (exact) mass is 498 g/mol. The van der Waals surface area contributed by atoms with E-state index in [4.69, 9.17) is 9.66 Å². The van der Waals surface area contributed by atoms with Gasteiger partial charge in [-0.05, 0) is 35.2 Å². The number of carboxylic acids is 1. The fraction of sp³-hybridized carbons (Fsp3) is 0.0556. The molecule has 1 atom stereocenters. The summed E-state index contributed by atoms with van der Waals surface area (Å²) < 4.78 is 65.1. The van der Waals surface area contributed by atoms with Gasteiger partial charge in [0.25, 0.3) is 20.2 Å². The maximum atomic E-state index is 11.8. The van der Waals surface area contributed by atoms with E-state index in [9.17, 15) is 41.5 Å². The molecule has 0 saturated carbocycles. The van der Waals surface area contributed by atoms with Crippen LogP contribution in [-0.4, -0.2) is 52.3 Å². The molecule has 15 heteroatoms. The minimum atomic E-state index is -5.05. The van der Waals surface area contributed by atoms with Crippen molar-refractivity contribution < 1.29 is 51.2 Å². The Labute approximate surface area is 185 Å². The summed E-state index contributed by atoms with van der Waals surface area (Å²) >= 11 is 0. The van der Waals surface area contributed by atoms with Gasteiger partial charge in [0, 0.05) is 6.07 Å². The molecule has 0 spiro atoms. The van der Waals surface area contributed by atoms with Gasteiger partial charge in [0.05, 0.1) is 16.0 Å². The third kappa shape index (κ3) is 4.91. The normalized spacial score (nSPS) is 13.4. The van der Waals surface area contributed by atoms with Gasteiger partial charge in [-0.15, -0.1) is 5.11 Å². The Morgan fingerprint density at radius 3 is 2.00 bits per heavy atom. The minimum absolute atomic E-state index is 0.0215. The first-order chi connectivity index (χ1) is 15.2. The largest absolute Gasteiger partial charge is 0.507 e. The molecule has 13 nitrogen and oxygen atoms in total. The van der Waals surface area contributed by atoms with E-state index in [0.717, 1.165) is 6.07 Å². The van der Waals surface area contributed by atoms with Crippen LogP contribution in [0.1, 0.15) is 11.7 Å². The number of aromatic hydroxyl groups is 2. The van der Waals surface area contributed by atoms with Crippen molar-refractivity contribution in [2.24, 2.45) is 10.2 Å². The average molecular weight is 498 g/mol. The summed E-state index contributed by atoms with van der Waals surface area (Å²) in [6.45, 7) is 0. The number of phenols is 2. The second-order valence-electron chi connectivity index (χ2n) is 6.59. The smallest absolute Gasteiger partial charge is 0.337 e. The number of azo groups is 1. The molecular weight excluding hydrogens is 484 g/mol. The van der Waals surface area contributed by atoms with Crippen LogP contribution in [0.2, 0.25) is 0 Å². The van der Waals surface area contributed by atoms with Gasteiger partial charge in [-0.1, -0.05) is 12.1 Å². The zero-order chi connectivity index (χ0) is 24.7. The first kappa shape index (κ1) is 24.0. The van der Waals surface area contributed by atoms with Gasteiger partial charge in [0.15, 0.2) is 11.9 Å². The average Bonchev–Trinajstić information content (AvgIpc) is 2.70. The van der Waals surface area contributed by atoms with E-state index in [-0.39, 0.29) is 16.6 Å². The molecule has 3 aromatic rings. The fourth-order valence-corrected chi connectivity index (χ4v) is 4.05. The molecule has 0 amide bonds. The Balaban J connectivity index is 2.18. The lowest BCUT2D eigenvalue weighted by Gasteiger charge is -2.11. The summed E-state index contributed by atoms with van der Waals surface area (Å²) in [7, 11) is -9.85. The molecule has 0 aliphatic heterocycles. The van der Waals surface area contributed by atoms with Crippen LogP contribution in [0, 0.1) is 0 Å². The van der Waals surface area contributed by atoms with Crippen molar-refractivity contribution in [3.63, 3.8) is 0 Å². The SMILES string of the molecule is O=C(O)C(O)c1ccc(N=Nc2c(S(=O)(=O)O)cc3cc(S(=O)(=O)O)cc(O)c3c2O)cc1. The quantitative estimate of drug-likeness (QED) is 0.213. The molecule has 0 saturated heterocycles. The summed E-state index contributed by atoms with van der Waals surface area (Å²) in [4.78, 5) is 9.02. The zero-order valence-electron chi connectivity index (χ0n) is 16.1. The highest BCUT2D eigenvalue weighted by atomic mass is 32.2. The number of fused-ring (bicyclic) bond motifs is 1. The van der Waals surface area contributed by atoms with Gasteiger partial charge in [-0.2, -0.15) is 21.9 Å². The Kier molecular flexibility index (Phi) is 6.10. The van der Waals surface area contributed by atoms with E-state index < -0.39 is 64.7 Å². The molecule has 0 aliphatic rings. The maximum absolute atomic E-state index is 11.8. The molecule has 0 bridgehead atoms. The molecule has 3 rings (SSSR count). The van der Waals surface area contributed by atoms with Crippen molar-refractivity contribution >= 4 is 48.4 Å². The number of aliphatic hydroxyl groups is 1. The lowest BCUT2D eigenvalue weighted by molar-refractivity contribution is -0.146. The number of carbonyl (C=O) groups is 1. The van der Waals surface area contributed by atoms with Crippen LogP contribution < -0.4 is 0 Å². The second kappa shape index (κ2) is 8.38. The van der Waals surface area contributed by atoms with Crippen LogP contribution in [-0.2, 0) is 25.0 Å². The molecule has 0 heterocycles. The molecule has 6 N–H and O–H groups in total. The van der Waals surface area contributed by atoms with E-state index in [2.05, 4.69) is 10.2 Å². The number of aliphatic carboxylic acids is 1. The predicted octanol–water partition coefficient (Wildman–Crippen LogP) is 2.28. The second-order valence-corrected chi connectivity index (χ2v) is 9.41. The van der Waals surface area contributed by atoms with Crippen LogP contribution in [0.15, 0.2) is 62.5 Å². The van der Waals surface area contributed by atoms with E-state index in [0.29, 0.717) is 12.1 Å². The predicted molar refractivity (Wildman–Crippen MR) is 110 cm³/mol. The van der Waals surface area contributed by atoms with Crippen molar-refractivity contribution in [2.45, 2.75) is 15.9 Å². The van der Waals surface area contributed by atoms with E-state index >= 15 is 0 Å². The Hall–Kier alpha value is -3.63. The number of carboxylic acid groups (broad SMARTS) is 1. The van der Waals surface area contributed by atoms with Crippen LogP contribution in [0.4, 0.5) is 11.4 Å². The standard InChI is InChI=1S/C18H14N2O11S2/c21-12-7-11(32(26,27)28)5-9-6-13(33(29,30)31)15(17(23)14(9)12)20-19-10-3-1-8(2-4-10)16(22)18(24)25/h1-7,16,21-23H,(H,24,25)(H,26,27,28)(H,29,30,31). The van der Waals surface area contributed by atoms with Crippen molar-refractivity contribution in [3.05, 3.63) is 48.0 Å². The zero-order valence-corrected chi connectivity index (χ0v) is 17.7. The number of hydrogen-bond donors (Lipinski definition) is 6. The molecule has 174 valence electrons. The van der Waals surface area contributed by atoms with Crippen molar-refractivity contribution in [2.75, 3.05) is 0 Å². The van der Waals surface area contributed by atoms with Gasteiger partial charge in [-0.25, -0.2) is 4.79 Å². The summed E-state index contributed by atoms with van der Waals surface area (Å²) in [6.07, 6.45) is -1.79. The third-order valence-corrected chi connectivity index (χ3v) is 6.09. The third-order valence-electron chi connectivity index (χ3n) is 4.39. The number of benzene rings is 3. The number of nitrogens with zero attached hydrogens (tertiary/aromatic N) is 2. The van der Waals surface area contributed by atoms with Crippen LogP contribution >= 0.6 is 0 Å². The first-order valence-electron chi connectivity index (χ1n) is 8.60. The highest BCUT2D eigenvalue weighted by Gasteiger charge is 2.25. The van der Waals surface area contributed by atoms with Crippen molar-refractivity contribution in [1.82, 2.24) is 0 Å². The van der Waals surface area contributed by atoms with E-state index in [1.54, 1.807) is 0 Å². The molecule has 33 heavy (non-hydrogen) atoms. The number of hydrogen-bond acceptors (Lipinski definition) is 10. The first-order valence-corrected chi connectivity index (χ1v) is 11.5. The van der Waals surface area contributed by atoms with Gasteiger partial charge in [0.2, 0.25) is 0 Å². The van der Waals surface area contributed by atoms with Gasteiger partial charge >= 0.3 is 5.97 Å². The lowest BCUT2D eigenvalue weighted by atomic mass is 10.1. The summed E-state index contributed by atoms with van der Waals surface area (Å²) in [5.41, 5.74) is -0.745. The summed E-state index contributed by atoms with van der Waals surface area (Å²) in [5, 5.41) is 45.4. The van der Waals surface area contributed by atoms with Crippen LogP contribution in [0.25, 0.3) is 10.8 Å². The molecule has 3 aromatic carbocycles. The van der Waals surface area contributed by atoms with Gasteiger partial charge < -0.3 is 20.4 Å². The number of rotatable bonds is 6. The Morgan fingerprint density at radius 2 is 1.48 bits per heavy atom. The van der Waals surface area contributed by atoms with Crippen LogP contribution in [0.5, 0.6) is 11.5 Å². The highest BCUT2D eigenvalue weighted by Crippen LogP contribution is 2.45. The van der Waals surface area contributed by atoms with Gasteiger partial charge in [0.1, 0.15) is 16.3 Å². The number of aliphatic hydroxyl groups excluding tert-OH is 1. The summed E-state index contributed by atoms with van der Waals surface area (Å²) in [5.74, 6) is -3.30.